The Morgan fingerprint density at radius 3 is 1.67 bits per heavy atom. The van der Waals surface area contributed by atoms with Gasteiger partial charge in [-0.15, -0.1) is 0 Å². The quantitative estimate of drug-likeness (QED) is 0.238. The summed E-state index contributed by atoms with van der Waals surface area (Å²) in [5.41, 5.74) is 4.38. The minimum atomic E-state index is -4.57. The molecule has 0 heterocycles. The predicted molar refractivity (Wildman–Crippen MR) is 171 cm³/mol. The lowest BCUT2D eigenvalue weighted by Gasteiger charge is -2.37. The third kappa shape index (κ3) is 5.41. The molecule has 2 atom stereocenters. The van der Waals surface area contributed by atoms with E-state index in [0.717, 1.165) is 0 Å². The van der Waals surface area contributed by atoms with E-state index in [9.17, 15) is 35.5 Å². The highest BCUT2D eigenvalue weighted by atomic mass is 32.2. The van der Waals surface area contributed by atoms with Crippen molar-refractivity contribution in [2.75, 3.05) is 10.6 Å². The Labute approximate surface area is 262 Å². The van der Waals surface area contributed by atoms with Gasteiger partial charge in [-0.1, -0.05) is 49.4 Å². The second kappa shape index (κ2) is 11.1. The fourth-order valence-corrected chi connectivity index (χ4v) is 8.72. The lowest BCUT2D eigenvalue weighted by molar-refractivity contribution is 0.0969. The van der Waals surface area contributed by atoms with Gasteiger partial charge in [0.15, 0.2) is 11.6 Å². The number of ketones is 2. The number of benzene rings is 3. The molecule has 236 valence electrons. The SMILES string of the molecule is Cc1cc(C)c(S(=O)(=O)O)c(C)c1NC1=CC(C)C(Nc2c(C)cc(C)c(S(=O)(=O)O)c2C)C2=C1C(=O)c1ccccc1C2=O. The van der Waals surface area contributed by atoms with Crippen LogP contribution in [0.1, 0.15) is 61.0 Å². The number of nitrogens with one attached hydrogen (secondary N) is 2. The van der Waals surface area contributed by atoms with Gasteiger partial charge in [0.1, 0.15) is 9.79 Å². The van der Waals surface area contributed by atoms with Crippen molar-refractivity contribution in [3.05, 3.63) is 104 Å². The standard InChI is InChI=1S/C33H34N2O8S2/c1-15-12-18(4)32(44(38,39)40)20(6)27(15)34-24-14-17(3)29(26-25(24)30(36)22-10-8-9-11-23(22)31(26)37)35-28-16(2)13-19(5)33(21(28)7)45(41,42)43/h8-14,17,29,34-35H,1-7H3,(H,38,39,40)(H,41,42,43). The minimum Gasteiger partial charge on any atom is -0.377 e. The largest absolute Gasteiger partial charge is 0.377 e. The zero-order valence-electron chi connectivity index (χ0n) is 25.9. The number of rotatable bonds is 6. The van der Waals surface area contributed by atoms with E-state index in [-0.39, 0.29) is 49.0 Å². The van der Waals surface area contributed by atoms with Crippen LogP contribution in [0.4, 0.5) is 11.4 Å². The van der Waals surface area contributed by atoms with Crippen LogP contribution in [0.2, 0.25) is 0 Å². The molecule has 0 saturated heterocycles. The molecule has 45 heavy (non-hydrogen) atoms. The van der Waals surface area contributed by atoms with E-state index >= 15 is 0 Å². The van der Waals surface area contributed by atoms with Crippen molar-refractivity contribution < 1.29 is 35.5 Å². The van der Waals surface area contributed by atoms with Crippen molar-refractivity contribution in [1.82, 2.24) is 0 Å². The van der Waals surface area contributed by atoms with Gasteiger partial charge in [0.2, 0.25) is 0 Å². The lowest BCUT2D eigenvalue weighted by Crippen LogP contribution is -2.41. The Bertz CT molecular complexity index is 2130. The minimum absolute atomic E-state index is 0.0968. The summed E-state index contributed by atoms with van der Waals surface area (Å²) in [6.45, 7) is 11.7. The number of Topliss-reactive ketones (excluding diaryl/α,β-unsaturated/α-hetero) is 2. The first-order chi connectivity index (χ1) is 20.8. The fourth-order valence-electron chi connectivity index (χ4n) is 6.81. The maximum atomic E-state index is 14.2. The molecule has 3 aromatic rings. The Kier molecular flexibility index (Phi) is 7.94. The molecule has 4 N–H and O–H groups in total. The van der Waals surface area contributed by atoms with Gasteiger partial charge in [-0.25, -0.2) is 0 Å². The van der Waals surface area contributed by atoms with Gasteiger partial charge in [0, 0.05) is 39.7 Å². The van der Waals surface area contributed by atoms with Gasteiger partial charge in [-0.05, 0) is 74.9 Å². The molecule has 0 spiro atoms. The molecular formula is C33H34N2O8S2. The van der Waals surface area contributed by atoms with Crippen LogP contribution in [0.15, 0.2) is 69.1 Å². The van der Waals surface area contributed by atoms with Crippen LogP contribution in [-0.2, 0) is 20.2 Å². The Hall–Kier alpha value is -4.10. The van der Waals surface area contributed by atoms with Crippen LogP contribution < -0.4 is 10.6 Å². The Balaban J connectivity index is 1.72. The molecule has 0 bridgehead atoms. The van der Waals surface area contributed by atoms with Crippen LogP contribution in [0.3, 0.4) is 0 Å². The average Bonchev–Trinajstić information content (AvgIpc) is 2.90. The first kappa shape index (κ1) is 32.3. The zero-order chi connectivity index (χ0) is 33.3. The number of fused-ring (bicyclic) bond motifs is 1. The zero-order valence-corrected chi connectivity index (χ0v) is 27.5. The second-order valence-electron chi connectivity index (χ2n) is 11.8. The molecule has 0 fully saturated rings. The van der Waals surface area contributed by atoms with Crippen LogP contribution >= 0.6 is 0 Å². The van der Waals surface area contributed by atoms with Gasteiger partial charge in [0.05, 0.1) is 11.6 Å². The average molecular weight is 651 g/mol. The van der Waals surface area contributed by atoms with E-state index < -0.39 is 38.0 Å². The predicted octanol–water partition coefficient (Wildman–Crippen LogP) is 5.83. The third-order valence-electron chi connectivity index (χ3n) is 8.57. The van der Waals surface area contributed by atoms with Crippen molar-refractivity contribution >= 4 is 43.2 Å². The second-order valence-corrected chi connectivity index (χ2v) is 14.5. The van der Waals surface area contributed by atoms with Gasteiger partial charge in [-0.3, -0.25) is 18.7 Å². The van der Waals surface area contributed by atoms with Crippen molar-refractivity contribution in [2.24, 2.45) is 5.92 Å². The normalized spacial score (nSPS) is 18.4. The molecule has 0 saturated carbocycles. The summed E-state index contributed by atoms with van der Waals surface area (Å²) in [6, 6.07) is 8.95. The van der Waals surface area contributed by atoms with Gasteiger partial charge >= 0.3 is 0 Å². The van der Waals surface area contributed by atoms with E-state index in [4.69, 9.17) is 0 Å². The fraction of sp³-hybridized carbons (Fsp3) is 0.273. The van der Waals surface area contributed by atoms with Crippen molar-refractivity contribution in [3.63, 3.8) is 0 Å². The number of hydrogen-bond donors (Lipinski definition) is 4. The molecule has 2 unspecified atom stereocenters. The maximum Gasteiger partial charge on any atom is 0.295 e. The Morgan fingerprint density at radius 2 is 1.16 bits per heavy atom. The molecule has 12 heteroatoms. The molecular weight excluding hydrogens is 617 g/mol. The van der Waals surface area contributed by atoms with Gasteiger partial charge < -0.3 is 10.6 Å². The number of hydrogen-bond acceptors (Lipinski definition) is 8. The maximum absolute atomic E-state index is 14.2. The van der Waals surface area contributed by atoms with Gasteiger partial charge in [0.25, 0.3) is 20.2 Å². The summed E-state index contributed by atoms with van der Waals surface area (Å²) in [4.78, 5) is 27.9. The number of carbonyl (C=O) groups excluding carboxylic acids is 2. The van der Waals surface area contributed by atoms with Crippen molar-refractivity contribution in [2.45, 2.75) is 64.3 Å². The summed E-state index contributed by atoms with van der Waals surface area (Å²) in [5.74, 6) is -1.24. The summed E-state index contributed by atoms with van der Waals surface area (Å²) in [7, 11) is -9.13. The Morgan fingerprint density at radius 1 is 0.689 bits per heavy atom. The molecule has 3 aromatic carbocycles. The highest BCUT2D eigenvalue weighted by Gasteiger charge is 2.42. The van der Waals surface area contributed by atoms with Crippen LogP contribution in [0, 0.1) is 47.5 Å². The molecule has 2 aliphatic rings. The third-order valence-corrected chi connectivity index (χ3v) is 10.9. The number of aryl methyl sites for hydroxylation is 4. The van der Waals surface area contributed by atoms with Crippen molar-refractivity contribution in [3.8, 4) is 0 Å². The van der Waals surface area contributed by atoms with E-state index in [0.29, 0.717) is 39.3 Å². The molecule has 2 aliphatic carbocycles. The lowest BCUT2D eigenvalue weighted by atomic mass is 9.73. The summed E-state index contributed by atoms with van der Waals surface area (Å²) in [6.07, 6.45) is 1.77. The van der Waals surface area contributed by atoms with E-state index in [2.05, 4.69) is 10.6 Å². The topological polar surface area (TPSA) is 167 Å². The first-order valence-electron chi connectivity index (χ1n) is 14.2. The molecule has 10 nitrogen and oxygen atoms in total. The van der Waals surface area contributed by atoms with E-state index in [1.54, 1.807) is 84.0 Å². The first-order valence-corrected chi connectivity index (χ1v) is 17.1. The molecule has 0 aromatic heterocycles. The molecule has 0 aliphatic heterocycles. The molecule has 5 rings (SSSR count). The van der Waals surface area contributed by atoms with Crippen LogP contribution in [0.5, 0.6) is 0 Å². The van der Waals surface area contributed by atoms with Crippen LogP contribution in [-0.4, -0.2) is 43.5 Å². The number of carbonyl (C=O) groups is 2. The van der Waals surface area contributed by atoms with Crippen LogP contribution in [0.25, 0.3) is 0 Å². The summed E-state index contributed by atoms with van der Waals surface area (Å²) in [5, 5.41) is 6.57. The number of anilines is 2. The monoisotopic (exact) mass is 650 g/mol. The summed E-state index contributed by atoms with van der Waals surface area (Å²) >= 11 is 0. The molecule has 0 radical (unpaired) electrons. The van der Waals surface area contributed by atoms with E-state index in [1.165, 1.54) is 0 Å². The molecule has 0 amide bonds. The van der Waals surface area contributed by atoms with E-state index in [1.807, 2.05) is 6.92 Å². The highest BCUT2D eigenvalue weighted by molar-refractivity contribution is 7.86. The van der Waals surface area contributed by atoms with Crippen molar-refractivity contribution in [1.29, 1.82) is 0 Å². The number of allylic oxidation sites excluding steroid dienone is 1. The summed E-state index contributed by atoms with van der Waals surface area (Å²) < 4.78 is 69.0. The highest BCUT2D eigenvalue weighted by Crippen LogP contribution is 2.42. The smallest absolute Gasteiger partial charge is 0.295 e. The van der Waals surface area contributed by atoms with Gasteiger partial charge in [-0.2, -0.15) is 16.8 Å².